The maximum Gasteiger partial charge on any atom is 0.0459 e. The van der Waals surface area contributed by atoms with E-state index in [-0.39, 0.29) is 6.04 Å². The molecule has 1 aromatic carbocycles. The predicted octanol–water partition coefficient (Wildman–Crippen LogP) is 1.95. The zero-order chi connectivity index (χ0) is 11.1. The normalized spacial score (nSPS) is 34.2. The van der Waals surface area contributed by atoms with Crippen LogP contribution in [0.2, 0.25) is 0 Å². The minimum Gasteiger partial charge on any atom is -0.323 e. The van der Waals surface area contributed by atoms with Crippen LogP contribution in [0.25, 0.3) is 0 Å². The molecule has 2 N–H and O–H groups in total. The third-order valence-electron chi connectivity index (χ3n) is 4.18. The Morgan fingerprint density at radius 2 is 2.12 bits per heavy atom. The molecule has 2 aliphatic rings. The Hall–Kier alpha value is -0.860. The Balaban J connectivity index is 1.82. The molecule has 1 fully saturated rings. The molecule has 0 radical (unpaired) electrons. The van der Waals surface area contributed by atoms with Crippen molar-refractivity contribution in [2.24, 2.45) is 11.7 Å². The van der Waals surface area contributed by atoms with Crippen LogP contribution in [-0.2, 0) is 6.42 Å². The van der Waals surface area contributed by atoms with Crippen molar-refractivity contribution in [2.75, 3.05) is 13.1 Å². The maximum atomic E-state index is 6.37. The summed E-state index contributed by atoms with van der Waals surface area (Å²) in [5, 5.41) is 0. The Morgan fingerprint density at radius 3 is 2.81 bits per heavy atom. The van der Waals surface area contributed by atoms with Crippen LogP contribution >= 0.6 is 0 Å². The fourth-order valence-corrected chi connectivity index (χ4v) is 3.23. The maximum absolute atomic E-state index is 6.37. The lowest BCUT2D eigenvalue weighted by molar-refractivity contribution is 0.216. The number of fused-ring (bicyclic) bond motifs is 1. The van der Waals surface area contributed by atoms with E-state index in [0.717, 1.165) is 12.3 Å². The minimum absolute atomic E-state index is 0.224. The predicted molar refractivity (Wildman–Crippen MR) is 66.2 cm³/mol. The number of hydrogen-bond donors (Lipinski definition) is 1. The summed E-state index contributed by atoms with van der Waals surface area (Å²) in [5.74, 6) is 0.843. The summed E-state index contributed by atoms with van der Waals surface area (Å²) in [7, 11) is 0. The molecule has 2 nitrogen and oxygen atoms in total. The summed E-state index contributed by atoms with van der Waals surface area (Å²) in [6, 6.07) is 9.42. The molecule has 0 aromatic heterocycles. The first-order valence-electron chi connectivity index (χ1n) is 6.33. The lowest BCUT2D eigenvalue weighted by Gasteiger charge is -2.27. The topological polar surface area (TPSA) is 29.3 Å². The van der Waals surface area contributed by atoms with Crippen molar-refractivity contribution in [3.8, 4) is 0 Å². The Labute approximate surface area is 97.4 Å². The van der Waals surface area contributed by atoms with E-state index >= 15 is 0 Å². The number of nitrogens with two attached hydrogens (primary N) is 1. The van der Waals surface area contributed by atoms with Crippen molar-refractivity contribution < 1.29 is 0 Å². The first-order chi connectivity index (χ1) is 7.75. The summed E-state index contributed by atoms with van der Waals surface area (Å²) in [5.41, 5.74) is 9.20. The van der Waals surface area contributed by atoms with Gasteiger partial charge < -0.3 is 5.73 Å². The van der Waals surface area contributed by atoms with Crippen LogP contribution in [0.5, 0.6) is 0 Å². The van der Waals surface area contributed by atoms with Crippen LogP contribution in [0.1, 0.15) is 30.5 Å². The summed E-state index contributed by atoms with van der Waals surface area (Å²) in [4.78, 5) is 2.59. The molecule has 1 aliphatic heterocycles. The second kappa shape index (κ2) is 3.86. The van der Waals surface area contributed by atoms with Gasteiger partial charge in [0.05, 0.1) is 0 Å². The Kier molecular flexibility index (Phi) is 2.49. The van der Waals surface area contributed by atoms with Gasteiger partial charge in [-0.15, -0.1) is 0 Å². The monoisotopic (exact) mass is 216 g/mol. The van der Waals surface area contributed by atoms with Crippen molar-refractivity contribution in [1.29, 1.82) is 0 Å². The van der Waals surface area contributed by atoms with E-state index in [4.69, 9.17) is 5.73 Å². The van der Waals surface area contributed by atoms with E-state index in [1.165, 1.54) is 30.6 Å². The van der Waals surface area contributed by atoms with Crippen molar-refractivity contribution in [1.82, 2.24) is 4.90 Å². The number of rotatable bonds is 1. The molecule has 0 saturated carbocycles. The zero-order valence-electron chi connectivity index (χ0n) is 9.89. The highest BCUT2D eigenvalue weighted by Crippen LogP contribution is 2.34. The third-order valence-corrected chi connectivity index (χ3v) is 4.18. The highest BCUT2D eigenvalue weighted by Gasteiger charge is 2.35. The van der Waals surface area contributed by atoms with Gasteiger partial charge in [0.2, 0.25) is 0 Å². The van der Waals surface area contributed by atoms with Gasteiger partial charge in [0.1, 0.15) is 0 Å². The SMILES string of the molecule is CC1CCN(C2Cc3ccccc3C2N)C1. The molecule has 0 bridgehead atoms. The van der Waals surface area contributed by atoms with Gasteiger partial charge in [-0.05, 0) is 36.4 Å². The number of hydrogen-bond acceptors (Lipinski definition) is 2. The third kappa shape index (κ3) is 1.57. The molecule has 1 aromatic rings. The van der Waals surface area contributed by atoms with Crippen molar-refractivity contribution in [2.45, 2.75) is 31.8 Å². The fourth-order valence-electron chi connectivity index (χ4n) is 3.23. The molecule has 3 atom stereocenters. The van der Waals surface area contributed by atoms with Crippen LogP contribution in [0.3, 0.4) is 0 Å². The highest BCUT2D eigenvalue weighted by molar-refractivity contribution is 5.36. The van der Waals surface area contributed by atoms with Gasteiger partial charge in [-0.3, -0.25) is 4.90 Å². The first kappa shape index (κ1) is 10.3. The lowest BCUT2D eigenvalue weighted by atomic mass is 10.1. The quantitative estimate of drug-likeness (QED) is 0.777. The summed E-state index contributed by atoms with van der Waals surface area (Å²) >= 11 is 0. The molecule has 1 saturated heterocycles. The van der Waals surface area contributed by atoms with Crippen LogP contribution in [-0.4, -0.2) is 24.0 Å². The summed E-state index contributed by atoms with van der Waals surface area (Å²) < 4.78 is 0. The van der Waals surface area contributed by atoms with Crippen LogP contribution in [0.4, 0.5) is 0 Å². The van der Waals surface area contributed by atoms with Crippen molar-refractivity contribution in [3.05, 3.63) is 35.4 Å². The van der Waals surface area contributed by atoms with Gasteiger partial charge in [-0.25, -0.2) is 0 Å². The average molecular weight is 216 g/mol. The van der Waals surface area contributed by atoms with Crippen LogP contribution in [0, 0.1) is 5.92 Å². The first-order valence-corrected chi connectivity index (χ1v) is 6.33. The molecule has 3 rings (SSSR count). The van der Waals surface area contributed by atoms with Gasteiger partial charge in [0.15, 0.2) is 0 Å². The molecule has 0 spiro atoms. The van der Waals surface area contributed by atoms with E-state index in [2.05, 4.69) is 36.1 Å². The molecular weight excluding hydrogens is 196 g/mol. The minimum atomic E-state index is 0.224. The Bertz CT molecular complexity index is 388. The number of benzene rings is 1. The van der Waals surface area contributed by atoms with Gasteiger partial charge >= 0.3 is 0 Å². The van der Waals surface area contributed by atoms with Gasteiger partial charge in [-0.1, -0.05) is 31.2 Å². The molecular formula is C14H20N2. The molecule has 1 aliphatic carbocycles. The van der Waals surface area contributed by atoms with E-state index in [1.54, 1.807) is 0 Å². The lowest BCUT2D eigenvalue weighted by Crippen LogP contribution is -2.39. The molecule has 86 valence electrons. The second-order valence-electron chi connectivity index (χ2n) is 5.38. The van der Waals surface area contributed by atoms with Crippen molar-refractivity contribution in [3.63, 3.8) is 0 Å². The standard InChI is InChI=1S/C14H20N2/c1-10-6-7-16(9-10)13-8-11-4-2-3-5-12(11)14(13)15/h2-5,10,13-14H,6-9,15H2,1H3. The van der Waals surface area contributed by atoms with E-state index in [1.807, 2.05) is 0 Å². The molecule has 3 unspecified atom stereocenters. The largest absolute Gasteiger partial charge is 0.323 e. The summed E-state index contributed by atoms with van der Waals surface area (Å²) in [6.45, 7) is 4.80. The average Bonchev–Trinajstić information content (AvgIpc) is 2.84. The van der Waals surface area contributed by atoms with E-state index in [9.17, 15) is 0 Å². The zero-order valence-corrected chi connectivity index (χ0v) is 9.89. The van der Waals surface area contributed by atoms with Gasteiger partial charge in [0.25, 0.3) is 0 Å². The Morgan fingerprint density at radius 1 is 1.31 bits per heavy atom. The number of nitrogens with zero attached hydrogens (tertiary/aromatic N) is 1. The van der Waals surface area contributed by atoms with E-state index in [0.29, 0.717) is 6.04 Å². The smallest absolute Gasteiger partial charge is 0.0459 e. The fraction of sp³-hybridized carbons (Fsp3) is 0.571. The van der Waals surface area contributed by atoms with Crippen LogP contribution < -0.4 is 5.73 Å². The van der Waals surface area contributed by atoms with Crippen LogP contribution in [0.15, 0.2) is 24.3 Å². The molecule has 2 heteroatoms. The van der Waals surface area contributed by atoms with E-state index < -0.39 is 0 Å². The highest BCUT2D eigenvalue weighted by atomic mass is 15.2. The van der Waals surface area contributed by atoms with Gasteiger partial charge in [0, 0.05) is 18.6 Å². The molecule has 16 heavy (non-hydrogen) atoms. The molecule has 1 heterocycles. The summed E-state index contributed by atoms with van der Waals surface area (Å²) in [6.07, 6.45) is 2.48. The molecule has 0 amide bonds. The second-order valence-corrected chi connectivity index (χ2v) is 5.38. The van der Waals surface area contributed by atoms with Crippen molar-refractivity contribution >= 4 is 0 Å². The van der Waals surface area contributed by atoms with Gasteiger partial charge in [-0.2, -0.15) is 0 Å². The number of likely N-dealkylation sites (tertiary alicyclic amines) is 1.